The van der Waals surface area contributed by atoms with Crippen LogP contribution < -0.4 is 5.73 Å². The topological polar surface area (TPSA) is 116 Å². The van der Waals surface area contributed by atoms with Gasteiger partial charge in [0.05, 0.1) is 0 Å². The van der Waals surface area contributed by atoms with Crippen molar-refractivity contribution >= 4 is 5.95 Å². The van der Waals surface area contributed by atoms with E-state index in [1.165, 1.54) is 0 Å². The summed E-state index contributed by atoms with van der Waals surface area (Å²) in [6.45, 7) is 2.59. The van der Waals surface area contributed by atoms with E-state index in [0.717, 1.165) is 25.7 Å². The van der Waals surface area contributed by atoms with E-state index in [9.17, 15) is 0 Å². The zero-order valence-corrected chi connectivity index (χ0v) is 10.7. The molecule has 1 saturated carbocycles. The molecule has 8 nitrogen and oxygen atoms in total. The molecule has 1 fully saturated rings. The van der Waals surface area contributed by atoms with Gasteiger partial charge in [-0.2, -0.15) is 9.97 Å². The summed E-state index contributed by atoms with van der Waals surface area (Å²) in [4.78, 5) is 8.34. The van der Waals surface area contributed by atoms with Crippen LogP contribution in [0.5, 0.6) is 0 Å². The van der Waals surface area contributed by atoms with Crippen LogP contribution in [0.15, 0.2) is 4.52 Å². The first-order valence-electron chi connectivity index (χ1n) is 6.40. The van der Waals surface area contributed by atoms with Crippen LogP contribution in [0.1, 0.15) is 38.4 Å². The predicted octanol–water partition coefficient (Wildman–Crippen LogP) is 1.24. The lowest BCUT2D eigenvalue weighted by Crippen LogP contribution is -2.27. The average molecular weight is 264 g/mol. The molecule has 0 atom stereocenters. The van der Waals surface area contributed by atoms with Crippen molar-refractivity contribution in [3.63, 3.8) is 0 Å². The van der Waals surface area contributed by atoms with E-state index in [0.29, 0.717) is 18.3 Å². The van der Waals surface area contributed by atoms with Crippen LogP contribution in [0.25, 0.3) is 11.7 Å². The summed E-state index contributed by atoms with van der Waals surface area (Å²) < 4.78 is 11.1. The summed E-state index contributed by atoms with van der Waals surface area (Å²) in [7, 11) is 0. The van der Waals surface area contributed by atoms with Gasteiger partial charge in [0, 0.05) is 6.61 Å². The van der Waals surface area contributed by atoms with E-state index >= 15 is 0 Å². The Hall–Kier alpha value is -1.96. The molecule has 2 aromatic rings. The Balaban J connectivity index is 1.91. The van der Waals surface area contributed by atoms with Gasteiger partial charge >= 0.3 is 0 Å². The molecule has 0 bridgehead atoms. The van der Waals surface area contributed by atoms with Gasteiger partial charge in [0.25, 0.3) is 5.89 Å². The maximum absolute atomic E-state index is 5.87. The molecule has 3 rings (SSSR count). The van der Waals surface area contributed by atoms with Crippen LogP contribution in [-0.2, 0) is 10.3 Å². The number of hydrogen-bond acceptors (Lipinski definition) is 7. The van der Waals surface area contributed by atoms with Crippen LogP contribution in [-0.4, -0.2) is 31.9 Å². The Morgan fingerprint density at radius 2 is 2.16 bits per heavy atom. The second-order valence-electron chi connectivity index (χ2n) is 4.60. The van der Waals surface area contributed by atoms with E-state index in [4.69, 9.17) is 15.0 Å². The minimum Gasteiger partial charge on any atom is -0.367 e. The van der Waals surface area contributed by atoms with Gasteiger partial charge in [-0.15, -0.1) is 5.10 Å². The number of ether oxygens (including phenoxy) is 1. The number of H-pyrrole nitrogens is 1. The Morgan fingerprint density at radius 1 is 1.37 bits per heavy atom. The molecule has 8 heteroatoms. The number of nitrogens with one attached hydrogen (secondary N) is 1. The third-order valence-electron chi connectivity index (χ3n) is 3.37. The first-order chi connectivity index (χ1) is 9.23. The minimum absolute atomic E-state index is 0.148. The molecular weight excluding hydrogens is 248 g/mol. The molecule has 0 spiro atoms. The summed E-state index contributed by atoms with van der Waals surface area (Å²) >= 11 is 0. The van der Waals surface area contributed by atoms with E-state index in [-0.39, 0.29) is 11.8 Å². The van der Waals surface area contributed by atoms with Crippen molar-refractivity contribution in [3.8, 4) is 11.7 Å². The standard InChI is InChI=1S/C11H16N6O2/c1-2-18-11(5-3-4-6-11)9-14-8(19-17-9)7-13-10(12)16-15-7/h2-6H2,1H3,(H3,12,13,15,16). The van der Waals surface area contributed by atoms with Crippen molar-refractivity contribution in [2.24, 2.45) is 0 Å². The maximum atomic E-state index is 5.87. The number of aromatic amines is 1. The molecule has 1 aliphatic rings. The van der Waals surface area contributed by atoms with Crippen LogP contribution in [0, 0.1) is 0 Å². The number of aromatic nitrogens is 5. The molecule has 0 aliphatic heterocycles. The fraction of sp³-hybridized carbons (Fsp3) is 0.636. The third-order valence-corrected chi connectivity index (χ3v) is 3.37. The lowest BCUT2D eigenvalue weighted by atomic mass is 10.0. The van der Waals surface area contributed by atoms with Crippen LogP contribution in [0.3, 0.4) is 0 Å². The van der Waals surface area contributed by atoms with Crippen LogP contribution >= 0.6 is 0 Å². The Labute approximate surface area is 109 Å². The van der Waals surface area contributed by atoms with Gasteiger partial charge in [-0.3, -0.25) is 5.10 Å². The van der Waals surface area contributed by atoms with Gasteiger partial charge in [0.1, 0.15) is 5.60 Å². The highest BCUT2D eigenvalue weighted by molar-refractivity contribution is 5.41. The zero-order chi connectivity index (χ0) is 13.3. The molecule has 0 aromatic carbocycles. The van der Waals surface area contributed by atoms with Gasteiger partial charge in [-0.25, -0.2) is 0 Å². The number of nitrogen functional groups attached to an aromatic ring is 1. The molecular formula is C11H16N6O2. The van der Waals surface area contributed by atoms with Gasteiger partial charge in [0.15, 0.2) is 0 Å². The average Bonchev–Trinajstić information content (AvgIpc) is 3.07. The van der Waals surface area contributed by atoms with Crippen LogP contribution in [0.4, 0.5) is 5.95 Å². The van der Waals surface area contributed by atoms with Gasteiger partial charge in [-0.1, -0.05) is 5.16 Å². The summed E-state index contributed by atoms with van der Waals surface area (Å²) in [5, 5.41) is 10.4. The first-order valence-corrected chi connectivity index (χ1v) is 6.40. The summed E-state index contributed by atoms with van der Waals surface area (Å²) in [5.41, 5.74) is 5.04. The SMILES string of the molecule is CCOC1(c2noc(-c3nc(N)n[nH]3)n2)CCCC1. The fourth-order valence-corrected chi connectivity index (χ4v) is 2.53. The largest absolute Gasteiger partial charge is 0.367 e. The molecule has 1 aliphatic carbocycles. The van der Waals surface area contributed by atoms with Crippen molar-refractivity contribution in [1.82, 2.24) is 25.3 Å². The van der Waals surface area contributed by atoms with E-state index in [1.807, 2.05) is 6.92 Å². The Kier molecular flexibility index (Phi) is 2.94. The van der Waals surface area contributed by atoms with Gasteiger partial charge < -0.3 is 15.0 Å². The number of nitrogens with zero attached hydrogens (tertiary/aromatic N) is 4. The van der Waals surface area contributed by atoms with E-state index in [2.05, 4.69) is 25.3 Å². The number of anilines is 1. The molecule has 102 valence electrons. The lowest BCUT2D eigenvalue weighted by molar-refractivity contribution is -0.0469. The number of nitrogens with two attached hydrogens (primary N) is 1. The lowest BCUT2D eigenvalue weighted by Gasteiger charge is -2.24. The second-order valence-corrected chi connectivity index (χ2v) is 4.60. The highest BCUT2D eigenvalue weighted by atomic mass is 16.5. The zero-order valence-electron chi connectivity index (χ0n) is 10.7. The van der Waals surface area contributed by atoms with E-state index < -0.39 is 5.60 Å². The first kappa shape index (κ1) is 12.1. The molecule has 19 heavy (non-hydrogen) atoms. The molecule has 0 radical (unpaired) electrons. The van der Waals surface area contributed by atoms with Crippen molar-refractivity contribution in [1.29, 1.82) is 0 Å². The second kappa shape index (κ2) is 4.61. The van der Waals surface area contributed by atoms with Crippen molar-refractivity contribution in [3.05, 3.63) is 5.82 Å². The summed E-state index contributed by atoms with van der Waals surface area (Å²) in [6, 6.07) is 0. The highest BCUT2D eigenvalue weighted by Gasteiger charge is 2.41. The van der Waals surface area contributed by atoms with Crippen LogP contribution in [0.2, 0.25) is 0 Å². The monoisotopic (exact) mass is 264 g/mol. The minimum atomic E-state index is -0.415. The predicted molar refractivity (Wildman–Crippen MR) is 65.9 cm³/mol. The van der Waals surface area contributed by atoms with Crippen molar-refractivity contribution < 1.29 is 9.26 Å². The molecule has 3 N–H and O–H groups in total. The molecule has 2 heterocycles. The van der Waals surface area contributed by atoms with Crippen molar-refractivity contribution in [2.45, 2.75) is 38.2 Å². The molecule has 0 unspecified atom stereocenters. The highest BCUT2D eigenvalue weighted by Crippen LogP contribution is 2.41. The number of rotatable bonds is 4. The summed E-state index contributed by atoms with van der Waals surface area (Å²) in [6.07, 6.45) is 4.05. The van der Waals surface area contributed by atoms with Gasteiger partial charge in [0.2, 0.25) is 17.6 Å². The molecule has 0 amide bonds. The normalized spacial score (nSPS) is 17.9. The summed E-state index contributed by atoms with van der Waals surface area (Å²) in [5.74, 6) is 1.39. The molecule has 2 aromatic heterocycles. The number of hydrogen-bond donors (Lipinski definition) is 2. The Bertz CT molecular complexity index is 557. The Morgan fingerprint density at radius 3 is 2.79 bits per heavy atom. The molecule has 0 saturated heterocycles. The quantitative estimate of drug-likeness (QED) is 0.853. The fourth-order valence-electron chi connectivity index (χ4n) is 2.53. The van der Waals surface area contributed by atoms with E-state index in [1.54, 1.807) is 0 Å². The van der Waals surface area contributed by atoms with Crippen molar-refractivity contribution in [2.75, 3.05) is 12.3 Å². The third kappa shape index (κ3) is 2.07. The maximum Gasteiger partial charge on any atom is 0.295 e. The smallest absolute Gasteiger partial charge is 0.295 e. The van der Waals surface area contributed by atoms with Gasteiger partial charge in [-0.05, 0) is 32.6 Å².